The molecule has 1 aromatic carbocycles. The maximum absolute atomic E-state index is 5.84. The highest BCUT2D eigenvalue weighted by atomic mass is 16.5. The van der Waals surface area contributed by atoms with Crippen LogP contribution in [-0.2, 0) is 13.2 Å². The summed E-state index contributed by atoms with van der Waals surface area (Å²) in [5.74, 6) is 0.928. The van der Waals surface area contributed by atoms with Gasteiger partial charge in [-0.3, -0.25) is 0 Å². The van der Waals surface area contributed by atoms with Crippen LogP contribution in [0.5, 0.6) is 5.75 Å². The van der Waals surface area contributed by atoms with Crippen LogP contribution in [0.1, 0.15) is 30.2 Å². The van der Waals surface area contributed by atoms with Crippen LogP contribution in [0, 0.1) is 13.8 Å². The van der Waals surface area contributed by atoms with Crippen LogP contribution in [0.15, 0.2) is 30.7 Å². The van der Waals surface area contributed by atoms with Crippen LogP contribution in [-0.4, -0.2) is 9.55 Å². The second-order valence-corrected chi connectivity index (χ2v) is 4.69. The first-order valence-electron chi connectivity index (χ1n) is 6.39. The zero-order chi connectivity index (χ0) is 13.0. The molecule has 3 heteroatoms. The summed E-state index contributed by atoms with van der Waals surface area (Å²) in [5, 5.41) is 0. The van der Waals surface area contributed by atoms with E-state index in [1.165, 1.54) is 11.1 Å². The maximum Gasteiger partial charge on any atom is 0.130 e. The van der Waals surface area contributed by atoms with Gasteiger partial charge in [0, 0.05) is 6.54 Å². The Hall–Kier alpha value is -1.77. The van der Waals surface area contributed by atoms with E-state index in [0.29, 0.717) is 6.61 Å². The van der Waals surface area contributed by atoms with Gasteiger partial charge >= 0.3 is 0 Å². The summed E-state index contributed by atoms with van der Waals surface area (Å²) < 4.78 is 7.98. The number of nitrogens with zero attached hydrogens (tertiary/aromatic N) is 2. The minimum absolute atomic E-state index is 0.572. The Labute approximate surface area is 108 Å². The molecule has 1 heterocycles. The van der Waals surface area contributed by atoms with Gasteiger partial charge in [-0.15, -0.1) is 0 Å². The summed E-state index contributed by atoms with van der Waals surface area (Å²) in [4.78, 5) is 4.17. The number of rotatable bonds is 5. The van der Waals surface area contributed by atoms with Crippen LogP contribution in [0.2, 0.25) is 0 Å². The van der Waals surface area contributed by atoms with Crippen molar-refractivity contribution in [1.29, 1.82) is 0 Å². The van der Waals surface area contributed by atoms with Gasteiger partial charge in [0.25, 0.3) is 0 Å². The molecule has 0 unspecified atom stereocenters. The lowest BCUT2D eigenvalue weighted by molar-refractivity contribution is 0.294. The van der Waals surface area contributed by atoms with Gasteiger partial charge in [-0.25, -0.2) is 4.98 Å². The van der Waals surface area contributed by atoms with E-state index < -0.39 is 0 Å². The highest BCUT2D eigenvalue weighted by molar-refractivity contribution is 5.33. The third-order valence-electron chi connectivity index (χ3n) is 2.84. The molecule has 0 aliphatic carbocycles. The Balaban J connectivity index is 2.04. The number of hydrogen-bond acceptors (Lipinski definition) is 2. The van der Waals surface area contributed by atoms with Crippen molar-refractivity contribution in [1.82, 2.24) is 9.55 Å². The first kappa shape index (κ1) is 12.7. The zero-order valence-corrected chi connectivity index (χ0v) is 11.3. The van der Waals surface area contributed by atoms with Gasteiger partial charge in [0.05, 0.1) is 18.2 Å². The van der Waals surface area contributed by atoms with Crippen molar-refractivity contribution < 1.29 is 4.74 Å². The van der Waals surface area contributed by atoms with E-state index >= 15 is 0 Å². The largest absolute Gasteiger partial charge is 0.487 e. The number of benzene rings is 1. The van der Waals surface area contributed by atoms with Gasteiger partial charge in [0.1, 0.15) is 12.4 Å². The predicted molar refractivity (Wildman–Crippen MR) is 72.8 cm³/mol. The number of aryl methyl sites for hydroxylation is 3. The minimum Gasteiger partial charge on any atom is -0.487 e. The average Bonchev–Trinajstić information content (AvgIpc) is 2.73. The van der Waals surface area contributed by atoms with Crippen molar-refractivity contribution in [2.45, 2.75) is 40.3 Å². The fourth-order valence-corrected chi connectivity index (χ4v) is 2.08. The molecule has 0 saturated carbocycles. The molecule has 0 bridgehead atoms. The van der Waals surface area contributed by atoms with Crippen molar-refractivity contribution in [2.75, 3.05) is 0 Å². The highest BCUT2D eigenvalue weighted by Gasteiger charge is 2.03. The molecule has 2 aromatic rings. The molecule has 0 spiro atoms. The van der Waals surface area contributed by atoms with E-state index in [1.54, 1.807) is 0 Å². The minimum atomic E-state index is 0.572. The maximum atomic E-state index is 5.84. The fourth-order valence-electron chi connectivity index (χ4n) is 2.08. The van der Waals surface area contributed by atoms with Gasteiger partial charge in [0.15, 0.2) is 0 Å². The topological polar surface area (TPSA) is 27.1 Å². The average molecular weight is 244 g/mol. The second kappa shape index (κ2) is 5.71. The van der Waals surface area contributed by atoms with Crippen molar-refractivity contribution in [3.63, 3.8) is 0 Å². The molecule has 0 aliphatic rings. The summed E-state index contributed by atoms with van der Waals surface area (Å²) in [6.07, 6.45) is 4.84. The van der Waals surface area contributed by atoms with Gasteiger partial charge < -0.3 is 9.30 Å². The third-order valence-corrected chi connectivity index (χ3v) is 2.84. The van der Waals surface area contributed by atoms with Crippen LogP contribution in [0.25, 0.3) is 0 Å². The van der Waals surface area contributed by atoms with Crippen molar-refractivity contribution in [3.05, 3.63) is 47.5 Å². The van der Waals surface area contributed by atoms with Crippen LogP contribution < -0.4 is 4.74 Å². The molecule has 0 atom stereocenters. The third kappa shape index (κ3) is 3.13. The Bertz CT molecular complexity index is 497. The van der Waals surface area contributed by atoms with Crippen molar-refractivity contribution in [2.24, 2.45) is 0 Å². The Morgan fingerprint density at radius 3 is 2.56 bits per heavy atom. The Morgan fingerprint density at radius 1 is 1.17 bits per heavy atom. The standard InChI is InChI=1S/C15H20N2O/c1-4-5-17-11-16-9-14(17)10-18-15-7-12(2)6-13(3)8-15/h6-9,11H,4-5,10H2,1-3H3. The zero-order valence-electron chi connectivity index (χ0n) is 11.3. The van der Waals surface area contributed by atoms with Gasteiger partial charge in [-0.2, -0.15) is 0 Å². The summed E-state index contributed by atoms with van der Waals surface area (Å²) in [6, 6.07) is 6.27. The first-order valence-corrected chi connectivity index (χ1v) is 6.39. The lowest BCUT2D eigenvalue weighted by atomic mass is 10.1. The molecule has 0 N–H and O–H groups in total. The van der Waals surface area contributed by atoms with Crippen LogP contribution in [0.4, 0.5) is 0 Å². The fraction of sp³-hybridized carbons (Fsp3) is 0.400. The first-order chi connectivity index (χ1) is 8.69. The van der Waals surface area contributed by atoms with Crippen LogP contribution in [0.3, 0.4) is 0 Å². The lowest BCUT2D eigenvalue weighted by Gasteiger charge is -2.10. The van der Waals surface area contributed by atoms with E-state index in [0.717, 1.165) is 24.4 Å². The molecule has 0 amide bonds. The summed E-state index contributed by atoms with van der Waals surface area (Å²) in [6.45, 7) is 7.89. The van der Waals surface area contributed by atoms with Gasteiger partial charge in [-0.05, 0) is 43.5 Å². The van der Waals surface area contributed by atoms with Crippen molar-refractivity contribution >= 4 is 0 Å². The predicted octanol–water partition coefficient (Wildman–Crippen LogP) is 3.49. The summed E-state index contributed by atoms with van der Waals surface area (Å²) in [5.41, 5.74) is 3.58. The second-order valence-electron chi connectivity index (χ2n) is 4.69. The van der Waals surface area contributed by atoms with Gasteiger partial charge in [-0.1, -0.05) is 13.0 Å². The van der Waals surface area contributed by atoms with Gasteiger partial charge in [0.2, 0.25) is 0 Å². The number of ether oxygens (including phenoxy) is 1. The summed E-state index contributed by atoms with van der Waals surface area (Å²) >= 11 is 0. The molecule has 2 rings (SSSR count). The monoisotopic (exact) mass is 244 g/mol. The molecule has 18 heavy (non-hydrogen) atoms. The van der Waals surface area contributed by atoms with E-state index in [-0.39, 0.29) is 0 Å². The lowest BCUT2D eigenvalue weighted by Crippen LogP contribution is -2.05. The molecule has 1 aromatic heterocycles. The normalized spacial score (nSPS) is 10.6. The smallest absolute Gasteiger partial charge is 0.130 e. The molecule has 0 saturated heterocycles. The quantitative estimate of drug-likeness (QED) is 0.805. The number of hydrogen-bond donors (Lipinski definition) is 0. The molecular weight excluding hydrogens is 224 g/mol. The number of aromatic nitrogens is 2. The molecule has 96 valence electrons. The van der Waals surface area contributed by atoms with E-state index in [1.807, 2.05) is 12.5 Å². The molecule has 0 radical (unpaired) electrons. The van der Waals surface area contributed by atoms with E-state index in [4.69, 9.17) is 4.74 Å². The van der Waals surface area contributed by atoms with E-state index in [2.05, 4.69) is 48.5 Å². The number of imidazole rings is 1. The van der Waals surface area contributed by atoms with Crippen LogP contribution >= 0.6 is 0 Å². The van der Waals surface area contributed by atoms with Crippen molar-refractivity contribution in [3.8, 4) is 5.75 Å². The molecule has 0 fully saturated rings. The van der Waals surface area contributed by atoms with E-state index in [9.17, 15) is 0 Å². The Morgan fingerprint density at radius 2 is 1.89 bits per heavy atom. The summed E-state index contributed by atoms with van der Waals surface area (Å²) in [7, 11) is 0. The molecule has 0 aliphatic heterocycles. The highest BCUT2D eigenvalue weighted by Crippen LogP contribution is 2.17. The SMILES string of the molecule is CCCn1cncc1COc1cc(C)cc(C)c1. The Kier molecular flexibility index (Phi) is 4.03. The molecule has 3 nitrogen and oxygen atoms in total. The molecular formula is C15H20N2O.